The van der Waals surface area contributed by atoms with Crippen LogP contribution in [-0.4, -0.2) is 16.9 Å². The molecule has 0 heterocycles. The molecular weight excluding hydrogens is 300 g/mol. The van der Waals surface area contributed by atoms with Crippen molar-refractivity contribution in [3.05, 3.63) is 12.2 Å². The van der Waals surface area contributed by atoms with Crippen LogP contribution in [0.15, 0.2) is 12.2 Å². The van der Waals surface area contributed by atoms with E-state index in [0.29, 0.717) is 11.7 Å². The van der Waals surface area contributed by atoms with Crippen LogP contribution in [0.25, 0.3) is 0 Å². The third-order valence-corrected chi connectivity index (χ3v) is 5.34. The van der Waals surface area contributed by atoms with Crippen molar-refractivity contribution >= 4 is 11.8 Å². The Morgan fingerprint density at radius 1 is 1.21 bits per heavy atom. The summed E-state index contributed by atoms with van der Waals surface area (Å²) in [6.45, 7) is 4.00. The van der Waals surface area contributed by atoms with Crippen molar-refractivity contribution in [2.75, 3.05) is 0 Å². The van der Waals surface area contributed by atoms with E-state index < -0.39 is 5.97 Å². The number of carbonyl (C=O) groups excluding carboxylic acids is 1. The molecule has 1 N–H and O–H groups in total. The van der Waals surface area contributed by atoms with Crippen LogP contribution in [0.5, 0.6) is 0 Å². The minimum absolute atomic E-state index is 0.216. The van der Waals surface area contributed by atoms with E-state index in [1.807, 2.05) is 0 Å². The molecule has 0 saturated heterocycles. The van der Waals surface area contributed by atoms with Gasteiger partial charge in [-0.2, -0.15) is 0 Å². The van der Waals surface area contributed by atoms with Crippen molar-refractivity contribution in [2.45, 2.75) is 90.9 Å². The maximum Gasteiger partial charge on any atom is 0.306 e. The highest BCUT2D eigenvalue weighted by Crippen LogP contribution is 2.34. The van der Waals surface area contributed by atoms with E-state index >= 15 is 0 Å². The Morgan fingerprint density at radius 2 is 1.96 bits per heavy atom. The summed E-state index contributed by atoms with van der Waals surface area (Å²) in [5, 5.41) is 8.88. The second-order valence-electron chi connectivity index (χ2n) is 7.43. The van der Waals surface area contributed by atoms with E-state index in [1.54, 1.807) is 6.92 Å². The van der Waals surface area contributed by atoms with Crippen molar-refractivity contribution in [1.29, 1.82) is 0 Å². The minimum atomic E-state index is -0.704. The van der Waals surface area contributed by atoms with Crippen LogP contribution in [-0.2, 0) is 9.59 Å². The lowest BCUT2D eigenvalue weighted by atomic mass is 9.89. The molecule has 1 unspecified atom stereocenters. The summed E-state index contributed by atoms with van der Waals surface area (Å²) in [5.74, 6) is 0.150. The Labute approximate surface area is 147 Å². The number of hydrogen-bond acceptors (Lipinski definition) is 2. The van der Waals surface area contributed by atoms with Gasteiger partial charge in [-0.1, -0.05) is 64.5 Å². The zero-order valence-corrected chi connectivity index (χ0v) is 15.6. The number of allylic oxidation sites excluding steroid dienone is 2. The van der Waals surface area contributed by atoms with E-state index in [-0.39, 0.29) is 11.8 Å². The molecule has 0 aromatic carbocycles. The largest absolute Gasteiger partial charge is 0.481 e. The number of ketones is 1. The van der Waals surface area contributed by atoms with Gasteiger partial charge in [-0.25, -0.2) is 0 Å². The summed E-state index contributed by atoms with van der Waals surface area (Å²) in [6, 6.07) is 0. The molecule has 0 amide bonds. The molecule has 1 saturated carbocycles. The van der Waals surface area contributed by atoms with Gasteiger partial charge in [0.1, 0.15) is 5.78 Å². The molecule has 1 aliphatic rings. The Kier molecular flexibility index (Phi) is 10.7. The second-order valence-corrected chi connectivity index (χ2v) is 7.43. The topological polar surface area (TPSA) is 54.4 Å². The van der Waals surface area contributed by atoms with Gasteiger partial charge in [-0.15, -0.1) is 0 Å². The first kappa shape index (κ1) is 20.9. The van der Waals surface area contributed by atoms with Gasteiger partial charge in [0, 0.05) is 12.3 Å². The van der Waals surface area contributed by atoms with Gasteiger partial charge in [-0.05, 0) is 38.0 Å². The third kappa shape index (κ3) is 8.12. The number of carbonyl (C=O) groups is 2. The van der Waals surface area contributed by atoms with Gasteiger partial charge in [-0.3, -0.25) is 9.59 Å². The van der Waals surface area contributed by atoms with Crippen LogP contribution in [0, 0.1) is 17.8 Å². The number of carboxylic acid groups (broad SMARTS) is 1. The molecule has 0 bridgehead atoms. The maximum atomic E-state index is 12.1. The van der Waals surface area contributed by atoms with Gasteiger partial charge >= 0.3 is 5.97 Å². The monoisotopic (exact) mass is 336 g/mol. The molecule has 24 heavy (non-hydrogen) atoms. The maximum absolute atomic E-state index is 12.1. The van der Waals surface area contributed by atoms with Gasteiger partial charge in [0.25, 0.3) is 0 Å². The fourth-order valence-electron chi connectivity index (χ4n) is 3.61. The number of hydrogen-bond donors (Lipinski definition) is 1. The summed E-state index contributed by atoms with van der Waals surface area (Å²) in [5.41, 5.74) is 0. The SMILES string of the molecule is CCCCCCC=C[C@H]1CCC(=O)[C@@H]1CCCCCC(C)C(=O)O. The fourth-order valence-corrected chi connectivity index (χ4v) is 3.61. The summed E-state index contributed by atoms with van der Waals surface area (Å²) in [6.07, 6.45) is 17.4. The Bertz CT molecular complexity index is 400. The number of Topliss-reactive ketones (excluding diaryl/α,β-unsaturated/α-hetero) is 1. The van der Waals surface area contributed by atoms with Crippen LogP contribution in [0.2, 0.25) is 0 Å². The number of aliphatic carboxylic acids is 1. The molecule has 0 spiro atoms. The molecule has 0 aromatic heterocycles. The Hall–Kier alpha value is -1.12. The predicted molar refractivity (Wildman–Crippen MR) is 99.0 cm³/mol. The molecule has 1 aliphatic carbocycles. The van der Waals surface area contributed by atoms with Crippen molar-refractivity contribution in [3.63, 3.8) is 0 Å². The third-order valence-electron chi connectivity index (χ3n) is 5.34. The van der Waals surface area contributed by atoms with Crippen molar-refractivity contribution in [2.24, 2.45) is 17.8 Å². The van der Waals surface area contributed by atoms with Crippen molar-refractivity contribution in [3.8, 4) is 0 Å². The predicted octanol–water partition coefficient (Wildman–Crippen LogP) is 5.78. The standard InChI is InChI=1S/C21H36O3/c1-3-4-5-6-7-10-13-18-15-16-20(22)19(18)14-11-8-9-12-17(2)21(23)24/h10,13,17-19H,3-9,11-12,14-16H2,1-2H3,(H,23,24)/t17?,18-,19+/m0/s1. The highest BCUT2D eigenvalue weighted by Gasteiger charge is 2.32. The van der Waals surface area contributed by atoms with Crippen LogP contribution in [0.3, 0.4) is 0 Å². The molecule has 0 radical (unpaired) electrons. The molecule has 0 aromatic rings. The fraction of sp³-hybridized carbons (Fsp3) is 0.810. The molecule has 3 nitrogen and oxygen atoms in total. The van der Waals surface area contributed by atoms with Crippen LogP contribution < -0.4 is 0 Å². The Balaban J connectivity index is 2.22. The number of unbranched alkanes of at least 4 members (excludes halogenated alkanes) is 6. The van der Waals surface area contributed by atoms with E-state index in [4.69, 9.17) is 5.11 Å². The lowest BCUT2D eigenvalue weighted by Crippen LogP contribution is -2.13. The highest BCUT2D eigenvalue weighted by atomic mass is 16.4. The van der Waals surface area contributed by atoms with Crippen LogP contribution >= 0.6 is 0 Å². The number of carboxylic acids is 1. The molecule has 3 heteroatoms. The van der Waals surface area contributed by atoms with Gasteiger partial charge in [0.05, 0.1) is 5.92 Å². The summed E-state index contributed by atoms with van der Waals surface area (Å²) < 4.78 is 0. The molecule has 1 rings (SSSR count). The first-order valence-electron chi connectivity index (χ1n) is 9.98. The average molecular weight is 337 g/mol. The average Bonchev–Trinajstić information content (AvgIpc) is 2.90. The van der Waals surface area contributed by atoms with E-state index in [2.05, 4.69) is 19.1 Å². The van der Waals surface area contributed by atoms with Crippen molar-refractivity contribution in [1.82, 2.24) is 0 Å². The summed E-state index contributed by atoms with van der Waals surface area (Å²) in [4.78, 5) is 22.9. The summed E-state index contributed by atoms with van der Waals surface area (Å²) >= 11 is 0. The van der Waals surface area contributed by atoms with Gasteiger partial charge in [0.2, 0.25) is 0 Å². The van der Waals surface area contributed by atoms with Gasteiger partial charge in [0.15, 0.2) is 0 Å². The molecule has 0 aliphatic heterocycles. The zero-order valence-electron chi connectivity index (χ0n) is 15.6. The smallest absolute Gasteiger partial charge is 0.306 e. The zero-order chi connectivity index (χ0) is 17.8. The van der Waals surface area contributed by atoms with Crippen LogP contribution in [0.4, 0.5) is 0 Å². The highest BCUT2D eigenvalue weighted by molar-refractivity contribution is 5.83. The second kappa shape index (κ2) is 12.3. The molecular formula is C21H36O3. The quantitative estimate of drug-likeness (QED) is 0.342. The Morgan fingerprint density at radius 3 is 2.67 bits per heavy atom. The normalized spacial score (nSPS) is 22.3. The van der Waals surface area contributed by atoms with E-state index in [9.17, 15) is 9.59 Å². The van der Waals surface area contributed by atoms with E-state index in [1.165, 1.54) is 25.7 Å². The van der Waals surface area contributed by atoms with E-state index in [0.717, 1.165) is 51.4 Å². The van der Waals surface area contributed by atoms with Crippen LogP contribution in [0.1, 0.15) is 90.9 Å². The minimum Gasteiger partial charge on any atom is -0.481 e. The number of rotatable bonds is 13. The molecule has 3 atom stereocenters. The lowest BCUT2D eigenvalue weighted by molar-refractivity contribution is -0.141. The first-order chi connectivity index (χ1) is 11.6. The molecule has 138 valence electrons. The summed E-state index contributed by atoms with van der Waals surface area (Å²) in [7, 11) is 0. The lowest BCUT2D eigenvalue weighted by Gasteiger charge is -2.15. The molecule has 1 fully saturated rings. The first-order valence-corrected chi connectivity index (χ1v) is 9.98. The van der Waals surface area contributed by atoms with Gasteiger partial charge < -0.3 is 5.11 Å². The van der Waals surface area contributed by atoms with Crippen molar-refractivity contribution < 1.29 is 14.7 Å².